The maximum atomic E-state index is 12.5. The van der Waals surface area contributed by atoms with E-state index < -0.39 is 11.8 Å². The Balaban J connectivity index is 1.69. The SMILES string of the molecule is O=C(N[C@@H]1CCCC[C@H]1NC(=O)c1ccc(O)c(O)c1)c1ccc(O)c(O)c1. The molecule has 0 aliphatic heterocycles. The largest absolute Gasteiger partial charge is 0.504 e. The maximum absolute atomic E-state index is 12.5. The fourth-order valence-electron chi connectivity index (χ4n) is 3.31. The Morgan fingerprint density at radius 1 is 0.679 bits per heavy atom. The topological polar surface area (TPSA) is 139 Å². The predicted molar refractivity (Wildman–Crippen MR) is 101 cm³/mol. The first-order chi connectivity index (χ1) is 13.3. The van der Waals surface area contributed by atoms with E-state index in [1.54, 1.807) is 0 Å². The van der Waals surface area contributed by atoms with Crippen LogP contribution in [0, 0.1) is 0 Å². The molecular weight excluding hydrogens is 364 g/mol. The normalized spacial score (nSPS) is 19.0. The number of benzene rings is 2. The van der Waals surface area contributed by atoms with Gasteiger partial charge in [-0.05, 0) is 49.2 Å². The molecule has 0 spiro atoms. The van der Waals surface area contributed by atoms with Gasteiger partial charge < -0.3 is 31.1 Å². The highest BCUT2D eigenvalue weighted by Gasteiger charge is 2.28. The lowest BCUT2D eigenvalue weighted by atomic mass is 9.89. The van der Waals surface area contributed by atoms with Gasteiger partial charge in [-0.15, -0.1) is 0 Å². The number of amides is 2. The van der Waals surface area contributed by atoms with E-state index in [9.17, 15) is 30.0 Å². The van der Waals surface area contributed by atoms with E-state index in [0.717, 1.165) is 12.8 Å². The highest BCUT2D eigenvalue weighted by atomic mass is 16.3. The molecule has 28 heavy (non-hydrogen) atoms. The fourth-order valence-corrected chi connectivity index (χ4v) is 3.31. The average Bonchev–Trinajstić information content (AvgIpc) is 2.67. The average molecular weight is 386 g/mol. The van der Waals surface area contributed by atoms with E-state index in [1.165, 1.54) is 36.4 Å². The highest BCUT2D eigenvalue weighted by Crippen LogP contribution is 2.27. The molecule has 1 fully saturated rings. The summed E-state index contributed by atoms with van der Waals surface area (Å²) in [6.45, 7) is 0. The van der Waals surface area contributed by atoms with Gasteiger partial charge in [0.15, 0.2) is 23.0 Å². The molecule has 0 bridgehead atoms. The number of aromatic hydroxyl groups is 4. The van der Waals surface area contributed by atoms with Gasteiger partial charge in [-0.3, -0.25) is 9.59 Å². The van der Waals surface area contributed by atoms with Crippen molar-refractivity contribution >= 4 is 11.8 Å². The van der Waals surface area contributed by atoms with Crippen molar-refractivity contribution in [3.05, 3.63) is 47.5 Å². The van der Waals surface area contributed by atoms with Crippen LogP contribution in [0.15, 0.2) is 36.4 Å². The van der Waals surface area contributed by atoms with Crippen molar-refractivity contribution in [2.45, 2.75) is 37.8 Å². The van der Waals surface area contributed by atoms with Crippen molar-refractivity contribution < 1.29 is 30.0 Å². The van der Waals surface area contributed by atoms with E-state index >= 15 is 0 Å². The van der Waals surface area contributed by atoms with Crippen LogP contribution in [0.1, 0.15) is 46.4 Å². The minimum atomic E-state index is -0.413. The molecule has 0 unspecified atom stereocenters. The van der Waals surface area contributed by atoms with Crippen LogP contribution in [-0.2, 0) is 0 Å². The Morgan fingerprint density at radius 3 is 1.43 bits per heavy atom. The second-order valence-electron chi connectivity index (χ2n) is 6.85. The molecule has 0 saturated heterocycles. The van der Waals surface area contributed by atoms with Crippen molar-refractivity contribution in [1.29, 1.82) is 0 Å². The first-order valence-corrected chi connectivity index (χ1v) is 9.01. The predicted octanol–water partition coefficient (Wildman–Crippen LogP) is 1.98. The van der Waals surface area contributed by atoms with Gasteiger partial charge in [0.25, 0.3) is 11.8 Å². The monoisotopic (exact) mass is 386 g/mol. The van der Waals surface area contributed by atoms with Gasteiger partial charge in [0.2, 0.25) is 0 Å². The van der Waals surface area contributed by atoms with Crippen molar-refractivity contribution in [2.24, 2.45) is 0 Å². The molecule has 148 valence electrons. The molecule has 8 heteroatoms. The number of nitrogens with one attached hydrogen (secondary N) is 2. The molecule has 2 aromatic carbocycles. The molecule has 0 radical (unpaired) electrons. The molecule has 2 amide bonds. The zero-order valence-corrected chi connectivity index (χ0v) is 15.1. The van der Waals surface area contributed by atoms with Crippen LogP contribution in [0.5, 0.6) is 23.0 Å². The van der Waals surface area contributed by atoms with Crippen LogP contribution in [0.25, 0.3) is 0 Å². The summed E-state index contributed by atoms with van der Waals surface area (Å²) < 4.78 is 0. The Kier molecular flexibility index (Phi) is 5.58. The molecule has 1 aliphatic rings. The molecule has 6 N–H and O–H groups in total. The third-order valence-electron chi connectivity index (χ3n) is 4.87. The minimum Gasteiger partial charge on any atom is -0.504 e. The first kappa shape index (κ1) is 19.3. The standard InChI is InChI=1S/C20H22N2O6/c23-15-7-5-11(9-17(15)25)19(27)21-13-3-1-2-4-14(13)22-20(28)12-6-8-16(24)18(26)10-12/h5-10,13-14,23-26H,1-4H2,(H,21,27)(H,22,28)/t13-,14-/m1/s1. The number of hydrogen-bond acceptors (Lipinski definition) is 6. The van der Waals surface area contributed by atoms with Gasteiger partial charge in [0.1, 0.15) is 0 Å². The molecule has 1 saturated carbocycles. The zero-order valence-electron chi connectivity index (χ0n) is 15.1. The van der Waals surface area contributed by atoms with Crippen molar-refractivity contribution in [3.8, 4) is 23.0 Å². The molecule has 0 heterocycles. The zero-order chi connectivity index (χ0) is 20.3. The summed E-state index contributed by atoms with van der Waals surface area (Å²) in [6, 6.07) is 7.04. The lowest BCUT2D eigenvalue weighted by Crippen LogP contribution is -2.53. The number of rotatable bonds is 4. The van der Waals surface area contributed by atoms with Crippen LogP contribution in [0.4, 0.5) is 0 Å². The van der Waals surface area contributed by atoms with E-state index in [1.807, 2.05) is 0 Å². The van der Waals surface area contributed by atoms with Crippen LogP contribution >= 0.6 is 0 Å². The Bertz CT molecular complexity index is 825. The fraction of sp³-hybridized carbons (Fsp3) is 0.300. The number of carbonyl (C=O) groups is 2. The molecule has 2 atom stereocenters. The number of hydrogen-bond donors (Lipinski definition) is 6. The summed E-state index contributed by atoms with van der Waals surface area (Å²) >= 11 is 0. The molecule has 2 aromatic rings. The quantitative estimate of drug-likeness (QED) is 0.444. The van der Waals surface area contributed by atoms with Gasteiger partial charge >= 0.3 is 0 Å². The number of phenolic OH excluding ortho intramolecular Hbond substituents is 4. The van der Waals surface area contributed by atoms with Gasteiger partial charge in [0.05, 0.1) is 0 Å². The summed E-state index contributed by atoms with van der Waals surface area (Å²) in [6.07, 6.45) is 3.17. The lowest BCUT2D eigenvalue weighted by molar-refractivity contribution is 0.0862. The van der Waals surface area contributed by atoms with E-state index in [0.29, 0.717) is 12.8 Å². The first-order valence-electron chi connectivity index (χ1n) is 9.01. The number of phenols is 4. The van der Waals surface area contributed by atoms with E-state index in [2.05, 4.69) is 10.6 Å². The third-order valence-corrected chi connectivity index (χ3v) is 4.87. The summed E-state index contributed by atoms with van der Waals surface area (Å²) in [5.74, 6) is -2.21. The lowest BCUT2D eigenvalue weighted by Gasteiger charge is -2.33. The summed E-state index contributed by atoms with van der Waals surface area (Å²) in [7, 11) is 0. The van der Waals surface area contributed by atoms with E-state index in [4.69, 9.17) is 0 Å². The molecule has 0 aromatic heterocycles. The molecular formula is C20H22N2O6. The van der Waals surface area contributed by atoms with Gasteiger partial charge in [-0.25, -0.2) is 0 Å². The van der Waals surface area contributed by atoms with Gasteiger partial charge in [0, 0.05) is 23.2 Å². The second kappa shape index (κ2) is 8.08. The second-order valence-corrected chi connectivity index (χ2v) is 6.85. The summed E-state index contributed by atoms with van der Waals surface area (Å²) in [5, 5.41) is 43.6. The number of carbonyl (C=O) groups excluding carboxylic acids is 2. The maximum Gasteiger partial charge on any atom is 0.251 e. The van der Waals surface area contributed by atoms with E-state index in [-0.39, 0.29) is 46.2 Å². The van der Waals surface area contributed by atoms with Gasteiger partial charge in [-0.1, -0.05) is 12.8 Å². The third kappa shape index (κ3) is 4.28. The summed E-state index contributed by atoms with van der Waals surface area (Å²) in [4.78, 5) is 25.0. The van der Waals surface area contributed by atoms with Gasteiger partial charge in [-0.2, -0.15) is 0 Å². The van der Waals surface area contributed by atoms with Crippen molar-refractivity contribution in [3.63, 3.8) is 0 Å². The van der Waals surface area contributed by atoms with Crippen LogP contribution in [0.3, 0.4) is 0 Å². The summed E-state index contributed by atoms with van der Waals surface area (Å²) in [5.41, 5.74) is 0.406. The molecule has 3 rings (SSSR count). The van der Waals surface area contributed by atoms with Crippen LogP contribution in [-0.4, -0.2) is 44.3 Å². The van der Waals surface area contributed by atoms with Crippen LogP contribution < -0.4 is 10.6 Å². The highest BCUT2D eigenvalue weighted by molar-refractivity contribution is 5.96. The van der Waals surface area contributed by atoms with Crippen molar-refractivity contribution in [1.82, 2.24) is 10.6 Å². The Hall–Kier alpha value is -3.42. The molecule has 1 aliphatic carbocycles. The smallest absolute Gasteiger partial charge is 0.251 e. The minimum absolute atomic E-state index is 0.203. The van der Waals surface area contributed by atoms with Crippen LogP contribution in [0.2, 0.25) is 0 Å². The molecule has 8 nitrogen and oxygen atoms in total. The Labute approximate surface area is 161 Å². The Morgan fingerprint density at radius 2 is 1.07 bits per heavy atom. The van der Waals surface area contributed by atoms with Crippen molar-refractivity contribution in [2.75, 3.05) is 0 Å².